The number of carbonyl (C=O) groups excluding carboxylic acids is 1. The Labute approximate surface area is 149 Å². The van der Waals surface area contributed by atoms with E-state index in [1.807, 2.05) is 26.0 Å². The first kappa shape index (κ1) is 17.3. The van der Waals surface area contributed by atoms with Crippen molar-refractivity contribution in [2.75, 3.05) is 28.6 Å². The van der Waals surface area contributed by atoms with E-state index in [2.05, 4.69) is 44.8 Å². The molecule has 1 amide bonds. The number of amides is 1. The highest BCUT2D eigenvalue weighted by atomic mass is 16.1. The molecule has 0 bridgehead atoms. The van der Waals surface area contributed by atoms with Gasteiger partial charge in [0.15, 0.2) is 0 Å². The van der Waals surface area contributed by atoms with Crippen LogP contribution < -0.4 is 15.5 Å². The third-order valence-corrected chi connectivity index (χ3v) is 4.25. The van der Waals surface area contributed by atoms with Crippen LogP contribution in [0.4, 0.5) is 22.9 Å². The molecule has 1 aromatic heterocycles. The van der Waals surface area contributed by atoms with Crippen molar-refractivity contribution in [1.82, 2.24) is 4.98 Å². The Morgan fingerprint density at radius 2 is 1.76 bits per heavy atom. The number of benzene rings is 1. The molecule has 0 atom stereocenters. The summed E-state index contributed by atoms with van der Waals surface area (Å²) in [5, 5.41) is 6.16. The van der Waals surface area contributed by atoms with Crippen molar-refractivity contribution in [1.29, 1.82) is 0 Å². The monoisotopic (exact) mass is 338 g/mol. The molecule has 1 aliphatic heterocycles. The zero-order valence-corrected chi connectivity index (χ0v) is 15.0. The molecule has 5 heteroatoms. The Morgan fingerprint density at radius 1 is 1.08 bits per heavy atom. The van der Waals surface area contributed by atoms with Gasteiger partial charge in [-0.15, -0.1) is 0 Å². The third-order valence-electron chi connectivity index (χ3n) is 4.25. The minimum atomic E-state index is 0.0232. The number of carbonyl (C=O) groups is 1. The van der Waals surface area contributed by atoms with Gasteiger partial charge in [-0.05, 0) is 55.2 Å². The molecule has 3 rings (SSSR count). The summed E-state index contributed by atoms with van der Waals surface area (Å²) in [6.07, 6.45) is 4.76. The lowest BCUT2D eigenvalue weighted by Crippen LogP contribution is -2.17. The topological polar surface area (TPSA) is 57.3 Å². The van der Waals surface area contributed by atoms with Crippen molar-refractivity contribution in [2.45, 2.75) is 33.1 Å². The van der Waals surface area contributed by atoms with E-state index in [9.17, 15) is 4.79 Å². The third kappa shape index (κ3) is 4.95. The van der Waals surface area contributed by atoms with E-state index >= 15 is 0 Å². The van der Waals surface area contributed by atoms with Crippen LogP contribution in [-0.4, -0.2) is 24.0 Å². The van der Waals surface area contributed by atoms with Crippen LogP contribution in [0.1, 0.15) is 33.1 Å². The van der Waals surface area contributed by atoms with Crippen LogP contribution in [0, 0.1) is 5.92 Å². The second-order valence-electron chi connectivity index (χ2n) is 6.94. The second-order valence-corrected chi connectivity index (χ2v) is 6.94. The first-order valence-electron chi connectivity index (χ1n) is 8.98. The molecule has 0 saturated carbocycles. The average Bonchev–Trinajstić information content (AvgIpc) is 3.11. The fourth-order valence-corrected chi connectivity index (χ4v) is 3.00. The SMILES string of the molecule is CC(C)CC(=O)Nc1ccc(Nc2ccc(N3CCCC3)cc2)nc1. The van der Waals surface area contributed by atoms with Gasteiger partial charge in [-0.1, -0.05) is 13.8 Å². The largest absolute Gasteiger partial charge is 0.372 e. The molecule has 1 fully saturated rings. The second kappa shape index (κ2) is 8.01. The maximum absolute atomic E-state index is 11.8. The van der Waals surface area contributed by atoms with E-state index in [0.29, 0.717) is 12.3 Å². The number of anilines is 4. The smallest absolute Gasteiger partial charge is 0.224 e. The normalized spacial score (nSPS) is 14.0. The molecule has 2 aromatic rings. The van der Waals surface area contributed by atoms with Crippen LogP contribution in [0.15, 0.2) is 42.6 Å². The van der Waals surface area contributed by atoms with Gasteiger partial charge in [0.05, 0.1) is 11.9 Å². The molecule has 0 radical (unpaired) electrons. The van der Waals surface area contributed by atoms with Crippen molar-refractivity contribution in [3.63, 3.8) is 0 Å². The molecule has 2 heterocycles. The quantitative estimate of drug-likeness (QED) is 0.819. The van der Waals surface area contributed by atoms with E-state index in [-0.39, 0.29) is 5.91 Å². The fraction of sp³-hybridized carbons (Fsp3) is 0.400. The van der Waals surface area contributed by atoms with Gasteiger partial charge >= 0.3 is 0 Å². The van der Waals surface area contributed by atoms with Gasteiger partial charge in [-0.3, -0.25) is 4.79 Å². The lowest BCUT2D eigenvalue weighted by atomic mass is 10.1. The van der Waals surface area contributed by atoms with E-state index in [1.165, 1.54) is 18.5 Å². The van der Waals surface area contributed by atoms with Gasteiger partial charge in [0.1, 0.15) is 5.82 Å². The first-order valence-corrected chi connectivity index (χ1v) is 8.98. The Balaban J connectivity index is 1.56. The summed E-state index contributed by atoms with van der Waals surface area (Å²) in [7, 11) is 0. The molecule has 2 N–H and O–H groups in total. The molecule has 0 aliphatic carbocycles. The van der Waals surface area contributed by atoms with Crippen LogP contribution in [0.5, 0.6) is 0 Å². The summed E-state index contributed by atoms with van der Waals surface area (Å²) >= 11 is 0. The van der Waals surface area contributed by atoms with Crippen LogP contribution in [0.2, 0.25) is 0 Å². The van der Waals surface area contributed by atoms with Crippen molar-refractivity contribution in [3.05, 3.63) is 42.6 Å². The van der Waals surface area contributed by atoms with Crippen molar-refractivity contribution in [3.8, 4) is 0 Å². The van der Waals surface area contributed by atoms with Gasteiger partial charge < -0.3 is 15.5 Å². The van der Waals surface area contributed by atoms with Gasteiger partial charge in [0.25, 0.3) is 0 Å². The average molecular weight is 338 g/mol. The Morgan fingerprint density at radius 3 is 2.36 bits per heavy atom. The molecule has 25 heavy (non-hydrogen) atoms. The van der Waals surface area contributed by atoms with E-state index in [0.717, 1.165) is 30.3 Å². The minimum absolute atomic E-state index is 0.0232. The zero-order valence-electron chi connectivity index (χ0n) is 15.0. The van der Waals surface area contributed by atoms with Gasteiger partial charge in [0.2, 0.25) is 5.91 Å². The van der Waals surface area contributed by atoms with Crippen LogP contribution in [-0.2, 0) is 4.79 Å². The van der Waals surface area contributed by atoms with Crippen molar-refractivity contribution in [2.24, 2.45) is 5.92 Å². The summed E-state index contributed by atoms with van der Waals surface area (Å²) in [6.45, 7) is 6.36. The molecule has 132 valence electrons. The first-order chi connectivity index (χ1) is 12.1. The maximum atomic E-state index is 11.8. The number of pyridine rings is 1. The lowest BCUT2D eigenvalue weighted by molar-refractivity contribution is -0.116. The zero-order chi connectivity index (χ0) is 17.6. The Kier molecular flexibility index (Phi) is 5.53. The summed E-state index contributed by atoms with van der Waals surface area (Å²) in [4.78, 5) is 18.6. The van der Waals surface area contributed by atoms with Crippen molar-refractivity contribution >= 4 is 28.8 Å². The molecular formula is C20H26N4O. The van der Waals surface area contributed by atoms with Crippen LogP contribution in [0.3, 0.4) is 0 Å². The highest BCUT2D eigenvalue weighted by molar-refractivity contribution is 5.90. The number of hydrogen-bond acceptors (Lipinski definition) is 4. The summed E-state index contributed by atoms with van der Waals surface area (Å²) < 4.78 is 0. The number of rotatable bonds is 6. The van der Waals surface area contributed by atoms with Crippen LogP contribution in [0.25, 0.3) is 0 Å². The van der Waals surface area contributed by atoms with Crippen LogP contribution >= 0.6 is 0 Å². The molecular weight excluding hydrogens is 312 g/mol. The molecule has 5 nitrogen and oxygen atoms in total. The highest BCUT2D eigenvalue weighted by Crippen LogP contribution is 2.23. The molecule has 1 aliphatic rings. The summed E-state index contributed by atoms with van der Waals surface area (Å²) in [5.41, 5.74) is 3.01. The van der Waals surface area contributed by atoms with E-state index in [4.69, 9.17) is 0 Å². The number of nitrogens with one attached hydrogen (secondary N) is 2. The van der Waals surface area contributed by atoms with Gasteiger partial charge in [-0.2, -0.15) is 0 Å². The highest BCUT2D eigenvalue weighted by Gasteiger charge is 2.11. The maximum Gasteiger partial charge on any atom is 0.224 e. The predicted molar refractivity (Wildman–Crippen MR) is 103 cm³/mol. The standard InChI is InChI=1S/C20H26N4O/c1-15(2)13-20(25)23-17-7-10-19(21-14-17)22-16-5-8-18(9-6-16)24-11-3-4-12-24/h5-10,14-15H,3-4,11-13H2,1-2H3,(H,21,22)(H,23,25). The van der Waals surface area contributed by atoms with Crippen molar-refractivity contribution < 1.29 is 4.79 Å². The Hall–Kier alpha value is -2.56. The summed E-state index contributed by atoms with van der Waals surface area (Å²) in [6, 6.07) is 12.2. The molecule has 1 aromatic carbocycles. The molecule has 0 spiro atoms. The van der Waals surface area contributed by atoms with E-state index in [1.54, 1.807) is 6.20 Å². The molecule has 0 unspecified atom stereocenters. The Bertz CT molecular complexity index is 689. The minimum Gasteiger partial charge on any atom is -0.372 e. The van der Waals surface area contributed by atoms with Gasteiger partial charge in [0, 0.05) is 30.9 Å². The van der Waals surface area contributed by atoms with Gasteiger partial charge in [-0.25, -0.2) is 4.98 Å². The van der Waals surface area contributed by atoms with E-state index < -0.39 is 0 Å². The number of hydrogen-bond donors (Lipinski definition) is 2. The molecule has 1 saturated heterocycles. The predicted octanol–water partition coefficient (Wildman–Crippen LogP) is 4.41. The fourth-order valence-electron chi connectivity index (χ4n) is 3.00. The number of nitrogens with zero attached hydrogens (tertiary/aromatic N) is 2. The number of aromatic nitrogens is 1. The summed E-state index contributed by atoms with van der Waals surface area (Å²) in [5.74, 6) is 1.13. The lowest BCUT2D eigenvalue weighted by Gasteiger charge is -2.18.